The van der Waals surface area contributed by atoms with E-state index in [9.17, 15) is 8.42 Å². The van der Waals surface area contributed by atoms with Crippen molar-refractivity contribution in [2.24, 2.45) is 0 Å². The molecule has 0 saturated carbocycles. The monoisotopic (exact) mass is 312 g/mol. The minimum Gasteiger partial charge on any atom is -0.341 e. The lowest BCUT2D eigenvalue weighted by Gasteiger charge is -2.26. The molecule has 1 aromatic rings. The number of anilines is 1. The third kappa shape index (κ3) is 3.71. The predicted octanol–water partition coefficient (Wildman–Crippen LogP) is 1.19. The maximum absolute atomic E-state index is 12.0. The number of nitrogens with zero attached hydrogens (tertiary/aromatic N) is 3. The summed E-state index contributed by atoms with van der Waals surface area (Å²) in [6, 6.07) is 0. The summed E-state index contributed by atoms with van der Waals surface area (Å²) in [5, 5.41) is 3.32. The van der Waals surface area contributed by atoms with E-state index in [0.29, 0.717) is 11.6 Å². The summed E-state index contributed by atoms with van der Waals surface area (Å²) < 4.78 is 24.0. The van der Waals surface area contributed by atoms with Gasteiger partial charge in [-0.2, -0.15) is 0 Å². The molecule has 1 aliphatic rings. The lowest BCUT2D eigenvalue weighted by atomic mass is 9.96. The van der Waals surface area contributed by atoms with Gasteiger partial charge < -0.3 is 10.2 Å². The molecule has 1 fully saturated rings. The quantitative estimate of drug-likeness (QED) is 0.880. The molecule has 0 spiro atoms. The second kappa shape index (κ2) is 6.70. The molecule has 0 amide bonds. The molecule has 2 heterocycles. The van der Waals surface area contributed by atoms with E-state index in [1.807, 2.05) is 18.7 Å². The van der Waals surface area contributed by atoms with Crippen LogP contribution in [0.5, 0.6) is 0 Å². The van der Waals surface area contributed by atoms with Gasteiger partial charge in [-0.3, -0.25) is 0 Å². The first-order valence-corrected chi connectivity index (χ1v) is 9.39. The van der Waals surface area contributed by atoms with Gasteiger partial charge in [-0.05, 0) is 33.2 Å². The number of hydrogen-bond acceptors (Lipinski definition) is 6. The van der Waals surface area contributed by atoms with Gasteiger partial charge in [0.1, 0.15) is 4.90 Å². The molecule has 0 aliphatic carbocycles. The standard InChI is InChI=1S/C14H24N4O2S/c1-4-18(5-2)14-16-10-12(21(3,19)20)13(17-14)11-7-6-8-15-9-11/h10-11,15H,4-9H2,1-3H3/t11-/m0/s1. The fraction of sp³-hybridized carbons (Fsp3) is 0.714. The van der Waals surface area contributed by atoms with Crippen LogP contribution >= 0.6 is 0 Å². The SMILES string of the molecule is CCN(CC)c1ncc(S(C)(=O)=O)c([C@H]2CCCNC2)n1. The van der Waals surface area contributed by atoms with E-state index in [1.54, 1.807) is 0 Å². The smallest absolute Gasteiger partial charge is 0.225 e. The van der Waals surface area contributed by atoms with Crippen LogP contribution in [0.15, 0.2) is 11.1 Å². The van der Waals surface area contributed by atoms with Crippen molar-refractivity contribution >= 4 is 15.8 Å². The Morgan fingerprint density at radius 1 is 1.38 bits per heavy atom. The Balaban J connectivity index is 2.47. The van der Waals surface area contributed by atoms with Gasteiger partial charge >= 0.3 is 0 Å². The van der Waals surface area contributed by atoms with Crippen LogP contribution in [0.4, 0.5) is 5.95 Å². The summed E-state index contributed by atoms with van der Waals surface area (Å²) in [6.45, 7) is 7.45. The summed E-state index contributed by atoms with van der Waals surface area (Å²) in [6.07, 6.45) is 4.70. The molecule has 1 N–H and O–H groups in total. The van der Waals surface area contributed by atoms with E-state index >= 15 is 0 Å². The van der Waals surface area contributed by atoms with Crippen LogP contribution in [-0.2, 0) is 9.84 Å². The highest BCUT2D eigenvalue weighted by atomic mass is 32.2. The number of sulfone groups is 1. The Bertz CT molecular complexity index is 579. The number of rotatable bonds is 5. The van der Waals surface area contributed by atoms with Crippen molar-refractivity contribution in [3.8, 4) is 0 Å². The zero-order chi connectivity index (χ0) is 15.5. The average Bonchev–Trinajstić information content (AvgIpc) is 2.48. The molecule has 7 heteroatoms. The Kier molecular flexibility index (Phi) is 5.16. The predicted molar refractivity (Wildman–Crippen MR) is 83.5 cm³/mol. The topological polar surface area (TPSA) is 75.2 Å². The van der Waals surface area contributed by atoms with Crippen LogP contribution in [0.3, 0.4) is 0 Å². The van der Waals surface area contributed by atoms with Gasteiger partial charge in [0.2, 0.25) is 5.95 Å². The number of piperidine rings is 1. The molecule has 0 unspecified atom stereocenters. The van der Waals surface area contributed by atoms with Crippen molar-refractivity contribution < 1.29 is 8.42 Å². The first kappa shape index (κ1) is 16.2. The first-order valence-electron chi connectivity index (χ1n) is 7.50. The van der Waals surface area contributed by atoms with Crippen LogP contribution in [0.25, 0.3) is 0 Å². The lowest BCUT2D eigenvalue weighted by molar-refractivity contribution is 0.447. The third-order valence-corrected chi connectivity index (χ3v) is 5.01. The molecule has 1 aromatic heterocycles. The van der Waals surface area contributed by atoms with E-state index in [2.05, 4.69) is 15.3 Å². The minimum absolute atomic E-state index is 0.140. The Labute approximate surface area is 126 Å². The molecule has 2 rings (SSSR count). The highest BCUT2D eigenvalue weighted by molar-refractivity contribution is 7.90. The van der Waals surface area contributed by atoms with Gasteiger partial charge in [-0.1, -0.05) is 0 Å². The largest absolute Gasteiger partial charge is 0.341 e. The number of aromatic nitrogens is 2. The normalized spacial score (nSPS) is 19.5. The highest BCUT2D eigenvalue weighted by Crippen LogP contribution is 2.28. The van der Waals surface area contributed by atoms with Crippen molar-refractivity contribution in [2.45, 2.75) is 37.5 Å². The van der Waals surface area contributed by atoms with E-state index in [1.165, 1.54) is 12.5 Å². The molecule has 118 valence electrons. The maximum Gasteiger partial charge on any atom is 0.225 e. The second-order valence-corrected chi connectivity index (χ2v) is 7.39. The minimum atomic E-state index is -3.31. The molecule has 1 saturated heterocycles. The van der Waals surface area contributed by atoms with Gasteiger partial charge in [-0.15, -0.1) is 0 Å². The van der Waals surface area contributed by atoms with Gasteiger partial charge in [0.25, 0.3) is 0 Å². The molecule has 0 radical (unpaired) electrons. The highest BCUT2D eigenvalue weighted by Gasteiger charge is 2.25. The van der Waals surface area contributed by atoms with Crippen molar-refractivity contribution in [3.63, 3.8) is 0 Å². The van der Waals surface area contributed by atoms with Gasteiger partial charge in [0.15, 0.2) is 9.84 Å². The molecular weight excluding hydrogens is 288 g/mol. The summed E-state index contributed by atoms with van der Waals surface area (Å²) in [7, 11) is -3.31. The zero-order valence-corrected chi connectivity index (χ0v) is 13.8. The second-order valence-electron chi connectivity index (χ2n) is 5.41. The van der Waals surface area contributed by atoms with E-state index in [0.717, 1.165) is 39.0 Å². The fourth-order valence-corrected chi connectivity index (χ4v) is 3.53. The lowest BCUT2D eigenvalue weighted by Crippen LogP contribution is -2.31. The maximum atomic E-state index is 12.0. The van der Waals surface area contributed by atoms with Gasteiger partial charge in [-0.25, -0.2) is 18.4 Å². The van der Waals surface area contributed by atoms with E-state index < -0.39 is 9.84 Å². The number of nitrogens with one attached hydrogen (secondary N) is 1. The molecule has 0 bridgehead atoms. The van der Waals surface area contributed by atoms with Gasteiger partial charge in [0, 0.05) is 31.8 Å². The summed E-state index contributed by atoms with van der Waals surface area (Å²) >= 11 is 0. The Morgan fingerprint density at radius 2 is 2.10 bits per heavy atom. The Morgan fingerprint density at radius 3 is 2.62 bits per heavy atom. The van der Waals surface area contributed by atoms with Crippen molar-refractivity contribution in [3.05, 3.63) is 11.9 Å². The summed E-state index contributed by atoms with van der Waals surface area (Å²) in [5.74, 6) is 0.758. The van der Waals surface area contributed by atoms with Crippen LogP contribution in [0, 0.1) is 0 Å². The van der Waals surface area contributed by atoms with Gasteiger partial charge in [0.05, 0.1) is 11.9 Å². The molecule has 0 aromatic carbocycles. The average molecular weight is 312 g/mol. The molecular formula is C14H24N4O2S. The van der Waals surface area contributed by atoms with Crippen LogP contribution < -0.4 is 10.2 Å². The van der Waals surface area contributed by atoms with Crippen LogP contribution in [0.1, 0.15) is 38.3 Å². The third-order valence-electron chi connectivity index (χ3n) is 3.90. The molecule has 6 nitrogen and oxygen atoms in total. The fourth-order valence-electron chi connectivity index (χ4n) is 2.70. The number of hydrogen-bond donors (Lipinski definition) is 1. The molecule has 1 aliphatic heterocycles. The summed E-state index contributed by atoms with van der Waals surface area (Å²) in [5.41, 5.74) is 0.668. The van der Waals surface area contributed by atoms with Crippen molar-refractivity contribution in [1.82, 2.24) is 15.3 Å². The zero-order valence-electron chi connectivity index (χ0n) is 13.0. The first-order chi connectivity index (χ1) is 9.97. The van der Waals surface area contributed by atoms with Crippen LogP contribution in [-0.4, -0.2) is 50.8 Å². The van der Waals surface area contributed by atoms with Crippen LogP contribution in [0.2, 0.25) is 0 Å². The molecule has 21 heavy (non-hydrogen) atoms. The van der Waals surface area contributed by atoms with Crippen molar-refractivity contribution in [1.29, 1.82) is 0 Å². The van der Waals surface area contributed by atoms with E-state index in [4.69, 9.17) is 0 Å². The summed E-state index contributed by atoms with van der Waals surface area (Å²) in [4.78, 5) is 11.2. The molecule has 1 atom stereocenters. The van der Waals surface area contributed by atoms with E-state index in [-0.39, 0.29) is 10.8 Å². The van der Waals surface area contributed by atoms with Crippen molar-refractivity contribution in [2.75, 3.05) is 37.3 Å². The Hall–Kier alpha value is -1.21.